The molecule has 0 unspecified atom stereocenters. The van der Waals surface area contributed by atoms with Crippen LogP contribution in [0.25, 0.3) is 0 Å². The molecule has 1 aromatic carbocycles. The summed E-state index contributed by atoms with van der Waals surface area (Å²) in [6.45, 7) is 3.91. The Morgan fingerprint density at radius 2 is 1.70 bits per heavy atom. The second kappa shape index (κ2) is 6.14. The van der Waals surface area contributed by atoms with Gasteiger partial charge in [-0.3, -0.25) is 0 Å². The van der Waals surface area contributed by atoms with Gasteiger partial charge in [-0.15, -0.1) is 0 Å². The van der Waals surface area contributed by atoms with Crippen LogP contribution in [-0.2, 0) is 11.2 Å². The van der Waals surface area contributed by atoms with Crippen molar-refractivity contribution in [2.45, 2.75) is 20.3 Å². The van der Waals surface area contributed by atoms with Crippen molar-refractivity contribution in [2.24, 2.45) is 0 Å². The Morgan fingerprint density at radius 1 is 1.10 bits per heavy atom. The van der Waals surface area contributed by atoms with Gasteiger partial charge >= 0.3 is 0 Å². The quantitative estimate of drug-likeness (QED) is 0.783. The van der Waals surface area contributed by atoms with E-state index in [1.807, 2.05) is 26.0 Å². The van der Waals surface area contributed by atoms with Crippen molar-refractivity contribution < 1.29 is 14.3 Å². The van der Waals surface area contributed by atoms with Crippen LogP contribution >= 0.6 is 0 Å². The first-order chi connectivity index (χ1) is 9.63. The molecule has 104 valence electrons. The van der Waals surface area contributed by atoms with Gasteiger partial charge in [-0.2, -0.15) is 0 Å². The van der Waals surface area contributed by atoms with Gasteiger partial charge in [0.2, 0.25) is 11.8 Å². The van der Waals surface area contributed by atoms with Gasteiger partial charge < -0.3 is 14.3 Å². The van der Waals surface area contributed by atoms with E-state index in [-0.39, 0.29) is 0 Å². The molecule has 5 heteroatoms. The summed E-state index contributed by atoms with van der Waals surface area (Å²) in [5.41, 5.74) is 3.08. The summed E-state index contributed by atoms with van der Waals surface area (Å²) < 4.78 is 10.6. The van der Waals surface area contributed by atoms with Crippen molar-refractivity contribution in [2.75, 3.05) is 7.11 Å². The normalized spacial score (nSPS) is 10.2. The molecule has 1 heterocycles. The molecule has 5 nitrogen and oxygen atoms in total. The van der Waals surface area contributed by atoms with Gasteiger partial charge in [-0.1, -0.05) is 0 Å². The lowest BCUT2D eigenvalue weighted by molar-refractivity contribution is -0.107. The van der Waals surface area contributed by atoms with Crippen LogP contribution in [0.5, 0.6) is 17.5 Å². The molecular formula is C15H16N2O3. The Kier molecular flexibility index (Phi) is 4.30. The molecule has 0 aliphatic rings. The second-order valence-electron chi connectivity index (χ2n) is 4.41. The zero-order valence-electron chi connectivity index (χ0n) is 11.7. The molecule has 0 saturated carbocycles. The fourth-order valence-electron chi connectivity index (χ4n) is 2.00. The van der Waals surface area contributed by atoms with Gasteiger partial charge in [-0.05, 0) is 42.7 Å². The third kappa shape index (κ3) is 3.12. The first-order valence-electron chi connectivity index (χ1n) is 6.21. The molecule has 1 aromatic heterocycles. The number of hydrogen-bond acceptors (Lipinski definition) is 5. The van der Waals surface area contributed by atoms with Gasteiger partial charge in [0.15, 0.2) is 0 Å². The van der Waals surface area contributed by atoms with Crippen molar-refractivity contribution in [1.82, 2.24) is 9.97 Å². The number of aldehydes is 1. The molecule has 2 rings (SSSR count). The average Bonchev–Trinajstić information content (AvgIpc) is 2.44. The fraction of sp³-hybridized carbons (Fsp3) is 0.267. The summed E-state index contributed by atoms with van der Waals surface area (Å²) in [5, 5.41) is 0. The topological polar surface area (TPSA) is 61.3 Å². The number of nitrogens with zero attached hydrogens (tertiary/aromatic N) is 2. The van der Waals surface area contributed by atoms with Crippen molar-refractivity contribution in [3.8, 4) is 17.5 Å². The fourth-order valence-corrected chi connectivity index (χ4v) is 2.00. The highest BCUT2D eigenvalue weighted by molar-refractivity contribution is 5.58. The summed E-state index contributed by atoms with van der Waals surface area (Å²) in [5.74, 6) is 1.51. The number of aryl methyl sites for hydroxylation is 2. The van der Waals surface area contributed by atoms with E-state index in [2.05, 4.69) is 9.97 Å². The van der Waals surface area contributed by atoms with Crippen LogP contribution in [0.2, 0.25) is 0 Å². The summed E-state index contributed by atoms with van der Waals surface area (Å²) in [4.78, 5) is 18.8. The molecule has 0 N–H and O–H groups in total. The molecule has 2 aromatic rings. The molecule has 0 aliphatic heterocycles. The van der Waals surface area contributed by atoms with Gasteiger partial charge in [0.25, 0.3) is 0 Å². The Bertz CT molecular complexity index is 586. The van der Waals surface area contributed by atoms with E-state index in [0.29, 0.717) is 23.9 Å². The number of hydrogen-bond donors (Lipinski definition) is 0. The average molecular weight is 272 g/mol. The van der Waals surface area contributed by atoms with Crippen molar-refractivity contribution in [3.05, 3.63) is 41.2 Å². The Labute approximate surface area is 117 Å². The van der Waals surface area contributed by atoms with Crippen molar-refractivity contribution in [1.29, 1.82) is 0 Å². The molecule has 0 spiro atoms. The second-order valence-corrected chi connectivity index (χ2v) is 4.41. The predicted octanol–water partition coefficient (Wildman–Crippen LogP) is 2.64. The molecule has 0 amide bonds. The highest BCUT2D eigenvalue weighted by atomic mass is 16.5. The van der Waals surface area contributed by atoms with Gasteiger partial charge in [-0.25, -0.2) is 9.97 Å². The minimum atomic E-state index is 0.396. The van der Waals surface area contributed by atoms with Crippen molar-refractivity contribution >= 4 is 6.29 Å². The van der Waals surface area contributed by atoms with E-state index in [0.717, 1.165) is 23.0 Å². The highest BCUT2D eigenvalue weighted by Crippen LogP contribution is 2.25. The molecule has 0 bridgehead atoms. The van der Waals surface area contributed by atoms with E-state index >= 15 is 0 Å². The number of carbonyl (C=O) groups excluding carboxylic acids is 1. The minimum absolute atomic E-state index is 0.396. The molecular weight excluding hydrogens is 256 g/mol. The van der Waals surface area contributed by atoms with Crippen LogP contribution in [0.4, 0.5) is 0 Å². The zero-order chi connectivity index (χ0) is 14.5. The third-order valence-electron chi connectivity index (χ3n) is 2.99. The van der Waals surface area contributed by atoms with E-state index in [9.17, 15) is 4.79 Å². The van der Waals surface area contributed by atoms with E-state index < -0.39 is 0 Å². The Balaban J connectivity index is 2.22. The Morgan fingerprint density at radius 3 is 2.20 bits per heavy atom. The summed E-state index contributed by atoms with van der Waals surface area (Å²) in [6, 6.07) is 3.77. The van der Waals surface area contributed by atoms with Gasteiger partial charge in [0, 0.05) is 6.42 Å². The number of ether oxygens (including phenoxy) is 2. The summed E-state index contributed by atoms with van der Waals surface area (Å²) in [6.07, 6.45) is 4.32. The number of carbonyl (C=O) groups is 1. The maximum atomic E-state index is 10.7. The van der Waals surface area contributed by atoms with Crippen LogP contribution in [0.15, 0.2) is 24.5 Å². The SMILES string of the molecule is COc1cnc(Oc2cc(C)c(CC=O)c(C)c2)cn1. The molecule has 0 atom stereocenters. The van der Waals surface area contributed by atoms with Crippen LogP contribution in [0.1, 0.15) is 16.7 Å². The van der Waals surface area contributed by atoms with Crippen molar-refractivity contribution in [3.63, 3.8) is 0 Å². The molecule has 0 radical (unpaired) electrons. The molecule has 0 aliphatic carbocycles. The zero-order valence-corrected chi connectivity index (χ0v) is 11.7. The van der Waals surface area contributed by atoms with Crippen LogP contribution in [-0.4, -0.2) is 23.4 Å². The van der Waals surface area contributed by atoms with Gasteiger partial charge in [0.05, 0.1) is 19.5 Å². The lowest BCUT2D eigenvalue weighted by Crippen LogP contribution is -1.97. The smallest absolute Gasteiger partial charge is 0.238 e. The highest BCUT2D eigenvalue weighted by Gasteiger charge is 2.07. The summed E-state index contributed by atoms with van der Waals surface area (Å²) in [7, 11) is 1.53. The standard InChI is InChI=1S/C15H16N2O3/c1-10-6-12(7-11(2)13(10)4-5-18)20-15-9-16-14(19-3)8-17-15/h5-9H,4H2,1-3H3. The lowest BCUT2D eigenvalue weighted by atomic mass is 10.0. The number of rotatable bonds is 5. The van der Waals surface area contributed by atoms with Crippen LogP contribution in [0, 0.1) is 13.8 Å². The summed E-state index contributed by atoms with van der Waals surface area (Å²) >= 11 is 0. The number of benzene rings is 1. The van der Waals surface area contributed by atoms with Crippen LogP contribution < -0.4 is 9.47 Å². The number of methoxy groups -OCH3 is 1. The Hall–Kier alpha value is -2.43. The molecule has 20 heavy (non-hydrogen) atoms. The predicted molar refractivity (Wildman–Crippen MR) is 74.3 cm³/mol. The van der Waals surface area contributed by atoms with Gasteiger partial charge in [0.1, 0.15) is 12.0 Å². The lowest BCUT2D eigenvalue weighted by Gasteiger charge is -2.11. The first-order valence-corrected chi connectivity index (χ1v) is 6.21. The van der Waals surface area contributed by atoms with Crippen LogP contribution in [0.3, 0.4) is 0 Å². The first kappa shape index (κ1) is 14.0. The minimum Gasteiger partial charge on any atom is -0.480 e. The molecule has 0 saturated heterocycles. The largest absolute Gasteiger partial charge is 0.480 e. The maximum Gasteiger partial charge on any atom is 0.238 e. The monoisotopic (exact) mass is 272 g/mol. The maximum absolute atomic E-state index is 10.7. The van der Waals surface area contributed by atoms with E-state index in [1.165, 1.54) is 19.5 Å². The van der Waals surface area contributed by atoms with E-state index in [1.54, 1.807) is 0 Å². The molecule has 0 fully saturated rings. The van der Waals surface area contributed by atoms with E-state index in [4.69, 9.17) is 9.47 Å². The number of aromatic nitrogens is 2. The third-order valence-corrected chi connectivity index (χ3v) is 2.99.